The van der Waals surface area contributed by atoms with Crippen LogP contribution in [0.15, 0.2) is 22.1 Å². The molecule has 0 aliphatic carbocycles. The van der Waals surface area contributed by atoms with E-state index in [9.17, 15) is 4.79 Å². The molecule has 0 aliphatic heterocycles. The maximum atomic E-state index is 12.2. The number of nitrogens with zero attached hydrogens (tertiary/aromatic N) is 4. The van der Waals surface area contributed by atoms with E-state index in [1.807, 2.05) is 17.0 Å². The van der Waals surface area contributed by atoms with Crippen molar-refractivity contribution in [1.29, 1.82) is 0 Å². The van der Waals surface area contributed by atoms with Crippen LogP contribution in [0.4, 0.5) is 0 Å². The number of amides is 1. The fourth-order valence-electron chi connectivity index (χ4n) is 1.71. The van der Waals surface area contributed by atoms with Gasteiger partial charge in [-0.2, -0.15) is 0 Å². The van der Waals surface area contributed by atoms with Gasteiger partial charge in [-0.15, -0.1) is 11.3 Å². The molecule has 102 valence electrons. The van der Waals surface area contributed by atoms with E-state index in [4.69, 9.17) is 0 Å². The van der Waals surface area contributed by atoms with Gasteiger partial charge in [0.2, 0.25) is 0 Å². The molecule has 0 atom stereocenters. The van der Waals surface area contributed by atoms with Crippen LogP contribution in [-0.4, -0.2) is 38.6 Å². The highest BCUT2D eigenvalue weighted by molar-refractivity contribution is 8.00. The molecular formula is C12H16N4OS2. The van der Waals surface area contributed by atoms with Crippen LogP contribution in [0.1, 0.15) is 23.2 Å². The van der Waals surface area contributed by atoms with Crippen LogP contribution < -0.4 is 0 Å². The molecule has 0 N–H and O–H groups in total. The highest BCUT2D eigenvalue weighted by atomic mass is 32.2. The number of thiazole rings is 1. The number of rotatable bonds is 5. The van der Waals surface area contributed by atoms with Gasteiger partial charge >= 0.3 is 0 Å². The predicted molar refractivity (Wildman–Crippen MR) is 77.6 cm³/mol. The fourth-order valence-corrected chi connectivity index (χ4v) is 2.94. The molecule has 0 radical (unpaired) electrons. The van der Waals surface area contributed by atoms with Crippen molar-refractivity contribution in [3.8, 4) is 0 Å². The maximum absolute atomic E-state index is 12.2. The normalized spacial score (nSPS) is 10.7. The van der Waals surface area contributed by atoms with Gasteiger partial charge < -0.3 is 9.47 Å². The second kappa shape index (κ2) is 6.21. The van der Waals surface area contributed by atoms with Crippen LogP contribution in [0.5, 0.6) is 0 Å². The Labute approximate surface area is 120 Å². The van der Waals surface area contributed by atoms with Gasteiger partial charge in [-0.1, -0.05) is 11.8 Å². The summed E-state index contributed by atoms with van der Waals surface area (Å²) in [5.41, 5.74) is 0.506. The molecule has 0 fully saturated rings. The highest BCUT2D eigenvalue weighted by Gasteiger charge is 2.17. The molecule has 0 saturated heterocycles. The second-order valence-electron chi connectivity index (χ2n) is 3.99. The number of carbonyl (C=O) groups excluding carboxylic acids is 1. The summed E-state index contributed by atoms with van der Waals surface area (Å²) in [6, 6.07) is 0. The van der Waals surface area contributed by atoms with Gasteiger partial charge in [-0.3, -0.25) is 4.79 Å². The SMILES string of the molecule is CCn1ccnc1CN(C)C(=O)c1csc(SC)n1. The lowest BCUT2D eigenvalue weighted by atomic mass is 10.4. The van der Waals surface area contributed by atoms with Crippen LogP contribution >= 0.6 is 23.1 Å². The van der Waals surface area contributed by atoms with Crippen molar-refractivity contribution in [3.05, 3.63) is 29.3 Å². The zero-order valence-electron chi connectivity index (χ0n) is 11.2. The van der Waals surface area contributed by atoms with Crippen LogP contribution in [0.25, 0.3) is 0 Å². The lowest BCUT2D eigenvalue weighted by molar-refractivity contribution is 0.0774. The average Bonchev–Trinajstić information content (AvgIpc) is 3.06. The van der Waals surface area contributed by atoms with E-state index in [0.717, 1.165) is 16.7 Å². The third kappa shape index (κ3) is 3.16. The summed E-state index contributed by atoms with van der Waals surface area (Å²) in [6.45, 7) is 3.40. The van der Waals surface area contributed by atoms with Crippen molar-refractivity contribution >= 4 is 29.0 Å². The highest BCUT2D eigenvalue weighted by Crippen LogP contribution is 2.20. The molecule has 2 rings (SSSR count). The molecule has 7 heteroatoms. The first-order chi connectivity index (χ1) is 9.15. The van der Waals surface area contributed by atoms with E-state index < -0.39 is 0 Å². The molecule has 0 aliphatic rings. The van der Waals surface area contributed by atoms with Crippen LogP contribution in [0.2, 0.25) is 0 Å². The van der Waals surface area contributed by atoms with Crippen LogP contribution in [0.3, 0.4) is 0 Å². The molecule has 0 saturated carbocycles. The minimum atomic E-state index is -0.0674. The van der Waals surface area contributed by atoms with Gasteiger partial charge in [0.05, 0.1) is 6.54 Å². The Bertz CT molecular complexity index is 564. The largest absolute Gasteiger partial charge is 0.334 e. The number of hydrogen-bond donors (Lipinski definition) is 0. The Hall–Kier alpha value is -1.34. The summed E-state index contributed by atoms with van der Waals surface area (Å²) >= 11 is 3.04. The summed E-state index contributed by atoms with van der Waals surface area (Å²) < 4.78 is 2.94. The smallest absolute Gasteiger partial charge is 0.273 e. The topological polar surface area (TPSA) is 51.0 Å². The monoisotopic (exact) mass is 296 g/mol. The van der Waals surface area contributed by atoms with Gasteiger partial charge in [0.15, 0.2) is 0 Å². The Morgan fingerprint density at radius 2 is 2.37 bits per heavy atom. The number of hydrogen-bond acceptors (Lipinski definition) is 5. The van der Waals surface area contributed by atoms with Gasteiger partial charge in [0.1, 0.15) is 15.9 Å². The van der Waals surface area contributed by atoms with Crippen LogP contribution in [0, 0.1) is 0 Å². The van der Waals surface area contributed by atoms with Crippen molar-refractivity contribution in [1.82, 2.24) is 19.4 Å². The molecule has 1 amide bonds. The first-order valence-corrected chi connectivity index (χ1v) is 8.01. The number of aryl methyl sites for hydroxylation is 1. The Morgan fingerprint density at radius 1 is 1.58 bits per heavy atom. The summed E-state index contributed by atoms with van der Waals surface area (Å²) in [5.74, 6) is 0.820. The Morgan fingerprint density at radius 3 is 3.00 bits per heavy atom. The Balaban J connectivity index is 2.07. The third-order valence-electron chi connectivity index (χ3n) is 2.74. The fraction of sp³-hybridized carbons (Fsp3) is 0.417. The summed E-state index contributed by atoms with van der Waals surface area (Å²) in [4.78, 5) is 22.4. The van der Waals surface area contributed by atoms with E-state index in [0.29, 0.717) is 12.2 Å². The second-order valence-corrected chi connectivity index (χ2v) is 5.90. The number of aromatic nitrogens is 3. The number of thioether (sulfide) groups is 1. The standard InChI is InChI=1S/C12H16N4OS2/c1-4-16-6-5-13-10(16)7-15(2)11(17)9-8-19-12(14-9)18-3/h5-6,8H,4,7H2,1-3H3. The summed E-state index contributed by atoms with van der Waals surface area (Å²) in [6.07, 6.45) is 5.63. The van der Waals surface area contributed by atoms with Gasteiger partial charge in [0, 0.05) is 31.4 Å². The first kappa shape index (κ1) is 14.1. The molecule has 0 bridgehead atoms. The molecule has 0 spiro atoms. The minimum absolute atomic E-state index is 0.0674. The third-order valence-corrected chi connectivity index (χ3v) is 4.61. The Kier molecular flexibility index (Phi) is 4.60. The predicted octanol–water partition coefficient (Wildman–Crippen LogP) is 2.35. The molecular weight excluding hydrogens is 280 g/mol. The molecule has 2 heterocycles. The van der Waals surface area contributed by atoms with E-state index in [-0.39, 0.29) is 5.91 Å². The van der Waals surface area contributed by atoms with E-state index in [1.165, 1.54) is 11.3 Å². The van der Waals surface area contributed by atoms with E-state index >= 15 is 0 Å². The van der Waals surface area contributed by atoms with E-state index in [2.05, 4.69) is 16.9 Å². The van der Waals surface area contributed by atoms with Gasteiger partial charge in [0.25, 0.3) is 5.91 Å². The van der Waals surface area contributed by atoms with Crippen molar-refractivity contribution in [3.63, 3.8) is 0 Å². The van der Waals surface area contributed by atoms with Gasteiger partial charge in [-0.05, 0) is 13.2 Å². The van der Waals surface area contributed by atoms with Crippen molar-refractivity contribution in [2.24, 2.45) is 0 Å². The zero-order chi connectivity index (χ0) is 13.8. The zero-order valence-corrected chi connectivity index (χ0v) is 12.8. The van der Waals surface area contributed by atoms with Crippen molar-refractivity contribution < 1.29 is 4.79 Å². The minimum Gasteiger partial charge on any atom is -0.334 e. The first-order valence-electron chi connectivity index (χ1n) is 5.90. The average molecular weight is 296 g/mol. The molecule has 0 aromatic carbocycles. The number of imidazole rings is 1. The van der Waals surface area contributed by atoms with Crippen molar-refractivity contribution in [2.75, 3.05) is 13.3 Å². The van der Waals surface area contributed by atoms with Gasteiger partial charge in [-0.25, -0.2) is 9.97 Å². The quantitative estimate of drug-likeness (QED) is 0.795. The molecule has 19 heavy (non-hydrogen) atoms. The molecule has 2 aromatic heterocycles. The lowest BCUT2D eigenvalue weighted by Gasteiger charge is -2.16. The maximum Gasteiger partial charge on any atom is 0.273 e. The summed E-state index contributed by atoms with van der Waals surface area (Å²) in [7, 11) is 1.77. The number of carbonyl (C=O) groups is 1. The lowest BCUT2D eigenvalue weighted by Crippen LogP contribution is -2.28. The summed E-state index contributed by atoms with van der Waals surface area (Å²) in [5, 5.41) is 1.80. The molecule has 5 nitrogen and oxygen atoms in total. The molecule has 0 unspecified atom stereocenters. The molecule has 2 aromatic rings. The van der Waals surface area contributed by atoms with Crippen LogP contribution in [-0.2, 0) is 13.1 Å². The van der Waals surface area contributed by atoms with E-state index in [1.54, 1.807) is 35.3 Å². The van der Waals surface area contributed by atoms with Crippen molar-refractivity contribution in [2.45, 2.75) is 24.4 Å².